The van der Waals surface area contributed by atoms with Gasteiger partial charge in [0.25, 0.3) is 6.43 Å². The number of ether oxygens (including phenoxy) is 2. The lowest BCUT2D eigenvalue weighted by Gasteiger charge is -2.03. The van der Waals surface area contributed by atoms with Crippen LogP contribution in [0.4, 0.5) is 8.78 Å². The predicted octanol–water partition coefficient (Wildman–Crippen LogP) is 1.74. The first-order valence-corrected chi connectivity index (χ1v) is 5.13. The van der Waals surface area contributed by atoms with Crippen LogP contribution in [-0.4, -0.2) is 36.5 Å². The zero-order valence-corrected chi connectivity index (χ0v) is 9.45. The van der Waals surface area contributed by atoms with Crippen molar-refractivity contribution in [2.24, 2.45) is 0 Å². The van der Waals surface area contributed by atoms with E-state index in [4.69, 9.17) is 9.47 Å². The second-order valence-corrected chi connectivity index (χ2v) is 3.27. The Labute approximate surface area is 93.2 Å². The second kappa shape index (κ2) is 6.42. The lowest BCUT2D eigenvalue weighted by atomic mass is 10.3. The minimum Gasteiger partial charge on any atom is -0.474 e. The zero-order valence-electron chi connectivity index (χ0n) is 9.45. The van der Waals surface area contributed by atoms with Crippen LogP contribution >= 0.6 is 0 Å². The van der Waals surface area contributed by atoms with Gasteiger partial charge in [-0.05, 0) is 6.42 Å². The van der Waals surface area contributed by atoms with E-state index in [0.29, 0.717) is 25.5 Å². The van der Waals surface area contributed by atoms with Gasteiger partial charge in [0.05, 0.1) is 6.61 Å². The number of alkyl halides is 2. The van der Waals surface area contributed by atoms with Crippen molar-refractivity contribution in [3.05, 3.63) is 11.8 Å². The summed E-state index contributed by atoms with van der Waals surface area (Å²) in [7, 11) is 1.57. The molecule has 0 aliphatic rings. The van der Waals surface area contributed by atoms with Crippen molar-refractivity contribution < 1.29 is 18.3 Å². The lowest BCUT2D eigenvalue weighted by molar-refractivity contribution is 0.119. The van der Waals surface area contributed by atoms with E-state index in [2.05, 4.69) is 5.10 Å². The van der Waals surface area contributed by atoms with E-state index in [-0.39, 0.29) is 0 Å². The Balaban J connectivity index is 2.62. The Morgan fingerprint density at radius 3 is 2.75 bits per heavy atom. The summed E-state index contributed by atoms with van der Waals surface area (Å²) >= 11 is 0. The Bertz CT molecular complexity index is 316. The molecule has 6 heteroatoms. The van der Waals surface area contributed by atoms with Gasteiger partial charge in [0.15, 0.2) is 0 Å². The average molecular weight is 234 g/mol. The molecule has 0 bridgehead atoms. The summed E-state index contributed by atoms with van der Waals surface area (Å²) < 4.78 is 35.7. The van der Waals surface area contributed by atoms with Crippen LogP contribution in [-0.2, 0) is 17.7 Å². The maximum atomic E-state index is 12.2. The van der Waals surface area contributed by atoms with Crippen LogP contribution in [0.25, 0.3) is 0 Å². The normalized spacial score (nSPS) is 11.1. The van der Waals surface area contributed by atoms with Gasteiger partial charge in [0.2, 0.25) is 5.88 Å². The molecule has 0 aromatic carbocycles. The number of rotatable bonds is 7. The summed E-state index contributed by atoms with van der Waals surface area (Å²) in [5.41, 5.74) is 0.830. The number of aryl methyl sites for hydroxylation is 1. The van der Waals surface area contributed by atoms with E-state index in [1.54, 1.807) is 13.3 Å². The molecule has 0 unspecified atom stereocenters. The highest BCUT2D eigenvalue weighted by Gasteiger charge is 2.11. The zero-order chi connectivity index (χ0) is 12.0. The van der Waals surface area contributed by atoms with Crippen LogP contribution in [0.15, 0.2) is 6.20 Å². The quantitative estimate of drug-likeness (QED) is 0.674. The van der Waals surface area contributed by atoms with Crippen LogP contribution in [0.1, 0.15) is 12.5 Å². The van der Waals surface area contributed by atoms with E-state index >= 15 is 0 Å². The molecule has 0 N–H and O–H groups in total. The summed E-state index contributed by atoms with van der Waals surface area (Å²) in [5, 5.41) is 3.95. The number of nitrogens with zero attached hydrogens (tertiary/aromatic N) is 2. The van der Waals surface area contributed by atoms with Crippen molar-refractivity contribution in [3.8, 4) is 5.88 Å². The van der Waals surface area contributed by atoms with Crippen molar-refractivity contribution in [1.82, 2.24) is 9.78 Å². The maximum Gasteiger partial charge on any atom is 0.257 e. The van der Waals surface area contributed by atoms with E-state index < -0.39 is 13.0 Å². The van der Waals surface area contributed by atoms with Gasteiger partial charge in [-0.15, -0.1) is 5.10 Å². The minimum absolute atomic E-state index is 0.370. The van der Waals surface area contributed by atoms with Crippen LogP contribution in [0.2, 0.25) is 0 Å². The fourth-order valence-electron chi connectivity index (χ4n) is 1.27. The van der Waals surface area contributed by atoms with Crippen molar-refractivity contribution in [1.29, 1.82) is 0 Å². The molecule has 1 aromatic heterocycles. The van der Waals surface area contributed by atoms with Crippen molar-refractivity contribution in [2.75, 3.05) is 20.3 Å². The summed E-state index contributed by atoms with van der Waals surface area (Å²) in [6.07, 6.45) is -0.115. The molecule has 0 saturated carbocycles. The van der Waals surface area contributed by atoms with Crippen LogP contribution in [0.5, 0.6) is 5.88 Å². The first-order chi connectivity index (χ1) is 7.67. The fraction of sp³-hybridized carbons (Fsp3) is 0.700. The van der Waals surface area contributed by atoms with Crippen molar-refractivity contribution in [2.45, 2.75) is 26.3 Å². The third-order valence-electron chi connectivity index (χ3n) is 2.03. The number of methoxy groups -OCH3 is 1. The second-order valence-electron chi connectivity index (χ2n) is 3.27. The highest BCUT2D eigenvalue weighted by atomic mass is 19.3. The molecule has 92 valence electrons. The highest BCUT2D eigenvalue weighted by Crippen LogP contribution is 2.17. The molecule has 4 nitrogen and oxygen atoms in total. The van der Waals surface area contributed by atoms with Crippen molar-refractivity contribution in [3.63, 3.8) is 0 Å². The monoisotopic (exact) mass is 234 g/mol. The summed E-state index contributed by atoms with van der Waals surface area (Å²) in [6, 6.07) is 0. The van der Waals surface area contributed by atoms with Gasteiger partial charge in [-0.25, -0.2) is 8.78 Å². The van der Waals surface area contributed by atoms with E-state index in [1.807, 2.05) is 6.92 Å². The Kier molecular flexibility index (Phi) is 5.18. The third-order valence-corrected chi connectivity index (χ3v) is 2.03. The molecule has 0 spiro atoms. The molecule has 0 saturated heterocycles. The minimum atomic E-state index is -2.41. The van der Waals surface area contributed by atoms with Crippen molar-refractivity contribution >= 4 is 0 Å². The number of aromatic nitrogens is 2. The third kappa shape index (κ3) is 3.77. The maximum absolute atomic E-state index is 12.2. The molecule has 0 aliphatic heterocycles. The van der Waals surface area contributed by atoms with Crippen LogP contribution in [0.3, 0.4) is 0 Å². The fourth-order valence-corrected chi connectivity index (χ4v) is 1.27. The van der Waals surface area contributed by atoms with Crippen LogP contribution < -0.4 is 4.74 Å². The van der Waals surface area contributed by atoms with E-state index in [9.17, 15) is 8.78 Å². The Morgan fingerprint density at radius 1 is 1.44 bits per heavy atom. The van der Waals surface area contributed by atoms with Gasteiger partial charge in [-0.1, -0.05) is 6.92 Å². The molecule has 0 fully saturated rings. The Hall–Kier alpha value is -1.17. The molecule has 0 amide bonds. The molecule has 16 heavy (non-hydrogen) atoms. The molecular formula is C10H16F2N2O2. The number of hydrogen-bond acceptors (Lipinski definition) is 3. The largest absolute Gasteiger partial charge is 0.474 e. The standard InChI is InChI=1S/C10H16F2N2O2/c1-3-8-6-14(7-9(11)12)13-10(8)16-5-4-15-2/h6,9H,3-5,7H2,1-2H3. The first-order valence-electron chi connectivity index (χ1n) is 5.13. The molecular weight excluding hydrogens is 218 g/mol. The van der Waals surface area contributed by atoms with E-state index in [0.717, 1.165) is 5.56 Å². The summed E-state index contributed by atoms with van der Waals surface area (Å²) in [6.45, 7) is 2.34. The van der Waals surface area contributed by atoms with Crippen LogP contribution in [0, 0.1) is 0 Å². The summed E-state index contributed by atoms with van der Waals surface area (Å²) in [4.78, 5) is 0. The molecule has 1 aromatic rings. The molecule has 1 rings (SSSR count). The molecule has 0 radical (unpaired) electrons. The SMILES string of the molecule is CCc1cn(CC(F)F)nc1OCCOC. The van der Waals surface area contributed by atoms with Gasteiger partial charge in [-0.2, -0.15) is 0 Å². The van der Waals surface area contributed by atoms with Gasteiger partial charge in [0, 0.05) is 18.9 Å². The van der Waals surface area contributed by atoms with Gasteiger partial charge in [-0.3, -0.25) is 4.68 Å². The topological polar surface area (TPSA) is 36.3 Å². The molecule has 0 aliphatic carbocycles. The first kappa shape index (κ1) is 12.9. The lowest BCUT2D eigenvalue weighted by Crippen LogP contribution is -2.08. The highest BCUT2D eigenvalue weighted by molar-refractivity contribution is 5.23. The smallest absolute Gasteiger partial charge is 0.257 e. The van der Waals surface area contributed by atoms with E-state index in [1.165, 1.54) is 4.68 Å². The Morgan fingerprint density at radius 2 is 2.19 bits per heavy atom. The molecule has 1 heterocycles. The summed E-state index contributed by atoms with van der Waals surface area (Å²) in [5.74, 6) is 0.417. The predicted molar refractivity (Wildman–Crippen MR) is 55.0 cm³/mol. The number of hydrogen-bond donors (Lipinski definition) is 0. The average Bonchev–Trinajstić information content (AvgIpc) is 2.60. The van der Waals surface area contributed by atoms with Gasteiger partial charge in [0.1, 0.15) is 13.2 Å². The van der Waals surface area contributed by atoms with Gasteiger partial charge >= 0.3 is 0 Å². The van der Waals surface area contributed by atoms with Gasteiger partial charge < -0.3 is 9.47 Å². The number of halogens is 2. The molecule has 0 atom stereocenters.